The Morgan fingerprint density at radius 2 is 1.08 bits per heavy atom. The minimum absolute atomic E-state index is 0. The van der Waals surface area contributed by atoms with Gasteiger partial charge in [-0.2, -0.15) is 0 Å². The van der Waals surface area contributed by atoms with Gasteiger partial charge in [0.05, 0.1) is 0 Å². The van der Waals surface area contributed by atoms with Gasteiger partial charge >= 0.3 is 35.5 Å². The van der Waals surface area contributed by atoms with Crippen LogP contribution in [-0.4, -0.2) is 41.8 Å². The fraction of sp³-hybridized carbons (Fsp3) is 0.952. The maximum absolute atomic E-state index is 11.1. The molecular formula is C21H44NNaO2. The first-order chi connectivity index (χ1) is 11.7. The number of esters is 1. The summed E-state index contributed by atoms with van der Waals surface area (Å²) in [5.74, 6) is -0.191. The number of carbonyl (C=O) groups excluding carboxylic acids is 1. The van der Waals surface area contributed by atoms with Crippen molar-refractivity contribution >= 4 is 35.5 Å². The average molecular weight is 366 g/mol. The van der Waals surface area contributed by atoms with Crippen molar-refractivity contribution in [1.29, 1.82) is 0 Å². The van der Waals surface area contributed by atoms with Crippen molar-refractivity contribution < 1.29 is 9.53 Å². The van der Waals surface area contributed by atoms with Crippen LogP contribution >= 0.6 is 0 Å². The molecular weight excluding hydrogens is 321 g/mol. The Morgan fingerprint density at radius 1 is 0.720 bits per heavy atom. The molecule has 4 heteroatoms. The molecule has 0 aliphatic heterocycles. The molecule has 0 aliphatic rings. The molecule has 0 aromatic carbocycles. The molecule has 146 valence electrons. The first kappa shape index (κ1) is 27.6. The van der Waals surface area contributed by atoms with Crippen LogP contribution in [0.25, 0.3) is 0 Å². The molecule has 0 radical (unpaired) electrons. The van der Waals surface area contributed by atoms with Gasteiger partial charge in [0.15, 0.2) is 6.23 Å². The van der Waals surface area contributed by atoms with Crippen LogP contribution in [0.3, 0.4) is 0 Å². The number of hydrogen-bond donors (Lipinski definition) is 1. The third-order valence-electron chi connectivity index (χ3n) is 4.66. The van der Waals surface area contributed by atoms with Gasteiger partial charge in [-0.05, 0) is 12.8 Å². The second-order valence-electron chi connectivity index (χ2n) is 7.12. The van der Waals surface area contributed by atoms with E-state index < -0.39 is 6.23 Å². The van der Waals surface area contributed by atoms with Gasteiger partial charge < -0.3 is 4.74 Å². The van der Waals surface area contributed by atoms with Crippen molar-refractivity contribution in [2.75, 3.05) is 0 Å². The van der Waals surface area contributed by atoms with E-state index in [1.807, 2.05) is 0 Å². The van der Waals surface area contributed by atoms with Crippen LogP contribution in [0.4, 0.5) is 0 Å². The quantitative estimate of drug-likeness (QED) is 0.144. The molecule has 0 amide bonds. The SMILES string of the molecule is CCCCCCCCCCCCCCCCCC(N)OC(=O)CC.[NaH]. The standard InChI is InChI=1S/C21H43NO2.Na.H/c1-3-5-6-7-8-9-10-11-12-13-14-15-16-17-18-19-20(22)24-21(23)4-2;;/h20H,3-19,22H2,1-2H3;;. The number of ether oxygens (including phenoxy) is 1. The van der Waals surface area contributed by atoms with Crippen LogP contribution in [0.2, 0.25) is 0 Å². The molecule has 2 N–H and O–H groups in total. The van der Waals surface area contributed by atoms with Gasteiger partial charge in [-0.1, -0.05) is 104 Å². The van der Waals surface area contributed by atoms with Gasteiger partial charge in [0.1, 0.15) is 0 Å². The van der Waals surface area contributed by atoms with Crippen molar-refractivity contribution in [1.82, 2.24) is 0 Å². The van der Waals surface area contributed by atoms with E-state index in [2.05, 4.69) is 6.92 Å². The fourth-order valence-corrected chi connectivity index (χ4v) is 3.03. The summed E-state index contributed by atoms with van der Waals surface area (Å²) in [6, 6.07) is 0. The minimum atomic E-state index is -0.403. The zero-order chi connectivity index (χ0) is 17.9. The van der Waals surface area contributed by atoms with Crippen molar-refractivity contribution in [2.45, 2.75) is 129 Å². The van der Waals surface area contributed by atoms with Crippen LogP contribution in [0.5, 0.6) is 0 Å². The molecule has 0 heterocycles. The Labute approximate surface area is 179 Å². The van der Waals surface area contributed by atoms with Crippen molar-refractivity contribution in [3.8, 4) is 0 Å². The Bertz CT molecular complexity index is 275. The zero-order valence-electron chi connectivity index (χ0n) is 16.5. The van der Waals surface area contributed by atoms with Crippen molar-refractivity contribution in [2.24, 2.45) is 5.73 Å². The first-order valence-corrected chi connectivity index (χ1v) is 10.7. The Morgan fingerprint density at radius 3 is 1.44 bits per heavy atom. The summed E-state index contributed by atoms with van der Waals surface area (Å²) in [7, 11) is 0. The maximum atomic E-state index is 11.1. The van der Waals surface area contributed by atoms with E-state index >= 15 is 0 Å². The van der Waals surface area contributed by atoms with E-state index in [1.54, 1.807) is 6.92 Å². The Hall–Kier alpha value is 0.430. The van der Waals surface area contributed by atoms with Crippen LogP contribution in [0.15, 0.2) is 0 Å². The Balaban J connectivity index is 0. The first-order valence-electron chi connectivity index (χ1n) is 10.7. The molecule has 25 heavy (non-hydrogen) atoms. The van der Waals surface area contributed by atoms with E-state index in [1.165, 1.54) is 89.9 Å². The van der Waals surface area contributed by atoms with Gasteiger partial charge in [0, 0.05) is 6.42 Å². The number of unbranched alkanes of at least 4 members (excludes halogenated alkanes) is 14. The van der Waals surface area contributed by atoms with E-state index in [0.717, 1.165) is 12.8 Å². The fourth-order valence-electron chi connectivity index (χ4n) is 3.03. The monoisotopic (exact) mass is 365 g/mol. The van der Waals surface area contributed by atoms with Crippen LogP contribution in [-0.2, 0) is 9.53 Å². The number of nitrogens with two attached hydrogens (primary N) is 1. The second-order valence-corrected chi connectivity index (χ2v) is 7.12. The Kier molecular flexibility index (Phi) is 24.9. The normalized spacial score (nSPS) is 11.8. The van der Waals surface area contributed by atoms with Gasteiger partial charge in [-0.15, -0.1) is 0 Å². The molecule has 0 bridgehead atoms. The predicted octanol–water partition coefficient (Wildman–Crippen LogP) is 5.84. The van der Waals surface area contributed by atoms with Gasteiger partial charge in [-0.25, -0.2) is 0 Å². The predicted molar refractivity (Wildman–Crippen MR) is 111 cm³/mol. The topological polar surface area (TPSA) is 52.3 Å². The molecule has 0 fully saturated rings. The molecule has 0 aromatic rings. The summed E-state index contributed by atoms with van der Waals surface area (Å²) in [4.78, 5) is 11.1. The molecule has 0 saturated heterocycles. The van der Waals surface area contributed by atoms with Crippen molar-refractivity contribution in [3.05, 3.63) is 0 Å². The summed E-state index contributed by atoms with van der Waals surface area (Å²) in [5.41, 5.74) is 5.76. The number of rotatable bonds is 18. The second kappa shape index (κ2) is 22.5. The molecule has 0 spiro atoms. The molecule has 1 unspecified atom stereocenters. The van der Waals surface area contributed by atoms with Crippen LogP contribution < -0.4 is 5.73 Å². The molecule has 0 aromatic heterocycles. The summed E-state index contributed by atoms with van der Waals surface area (Å²) >= 11 is 0. The molecule has 0 saturated carbocycles. The van der Waals surface area contributed by atoms with Gasteiger partial charge in [0.2, 0.25) is 0 Å². The molecule has 1 atom stereocenters. The van der Waals surface area contributed by atoms with Crippen LogP contribution in [0, 0.1) is 0 Å². The summed E-state index contributed by atoms with van der Waals surface area (Å²) in [5, 5.41) is 0. The van der Waals surface area contributed by atoms with E-state index in [9.17, 15) is 4.79 Å². The number of hydrogen-bond acceptors (Lipinski definition) is 3. The molecule has 0 rings (SSSR count). The number of carbonyl (C=O) groups is 1. The zero-order valence-corrected chi connectivity index (χ0v) is 16.5. The summed E-state index contributed by atoms with van der Waals surface area (Å²) in [6.45, 7) is 4.07. The van der Waals surface area contributed by atoms with E-state index in [4.69, 9.17) is 10.5 Å². The third kappa shape index (κ3) is 22.4. The van der Waals surface area contributed by atoms with E-state index in [-0.39, 0.29) is 35.5 Å². The van der Waals surface area contributed by atoms with Crippen molar-refractivity contribution in [3.63, 3.8) is 0 Å². The summed E-state index contributed by atoms with van der Waals surface area (Å²) < 4.78 is 5.06. The van der Waals surface area contributed by atoms with Crippen LogP contribution in [0.1, 0.15) is 123 Å². The molecule has 3 nitrogen and oxygen atoms in total. The summed E-state index contributed by atoms with van der Waals surface area (Å²) in [6.07, 6.45) is 21.2. The molecule has 0 aliphatic carbocycles. The van der Waals surface area contributed by atoms with E-state index in [0.29, 0.717) is 6.42 Å². The van der Waals surface area contributed by atoms with Gasteiger partial charge in [-0.3, -0.25) is 10.5 Å². The third-order valence-corrected chi connectivity index (χ3v) is 4.66. The van der Waals surface area contributed by atoms with Gasteiger partial charge in [0.25, 0.3) is 0 Å². The average Bonchev–Trinajstić information content (AvgIpc) is 2.58.